The third-order valence-corrected chi connectivity index (χ3v) is 4.03. The Bertz CT molecular complexity index is 664. The minimum absolute atomic E-state index is 0. The Labute approximate surface area is 167 Å². The highest BCUT2D eigenvalue weighted by molar-refractivity contribution is 14.0. The Hall–Kier alpha value is -1.86. The minimum Gasteiger partial charge on any atom is -0.442 e. The zero-order valence-corrected chi connectivity index (χ0v) is 16.3. The Morgan fingerprint density at radius 2 is 2.19 bits per heavy atom. The number of carbonyl (C=O) groups is 1. The van der Waals surface area contributed by atoms with Gasteiger partial charge < -0.3 is 20.1 Å². The van der Waals surface area contributed by atoms with Gasteiger partial charge in [-0.15, -0.1) is 24.0 Å². The van der Waals surface area contributed by atoms with E-state index < -0.39 is 18.5 Å². The van der Waals surface area contributed by atoms with Crippen molar-refractivity contribution < 1.29 is 18.7 Å². The Balaban J connectivity index is 0.00000243. The molecular formula is C15H22FIN6O3. The lowest BCUT2D eigenvalue weighted by Crippen LogP contribution is -2.43. The van der Waals surface area contributed by atoms with E-state index in [-0.39, 0.29) is 43.1 Å². The summed E-state index contributed by atoms with van der Waals surface area (Å²) >= 11 is 0. The number of halogens is 2. The first kappa shape index (κ1) is 20.5. The van der Waals surface area contributed by atoms with Gasteiger partial charge in [-0.1, -0.05) is 6.07 Å². The fraction of sp³-hybridized carbons (Fsp3) is 0.467. The predicted octanol–water partition coefficient (Wildman–Crippen LogP) is 0.540. The maximum atomic E-state index is 14.0. The van der Waals surface area contributed by atoms with Crippen molar-refractivity contribution in [3.63, 3.8) is 0 Å². The number of hydrazine groups is 1. The number of anilines is 2. The fourth-order valence-electron chi connectivity index (χ4n) is 2.78. The van der Waals surface area contributed by atoms with Crippen LogP contribution in [-0.4, -0.2) is 57.3 Å². The van der Waals surface area contributed by atoms with Crippen molar-refractivity contribution in [3.05, 3.63) is 24.3 Å². The van der Waals surface area contributed by atoms with Gasteiger partial charge in [0.2, 0.25) is 5.96 Å². The summed E-state index contributed by atoms with van der Waals surface area (Å²) in [7, 11) is 0. The molecule has 0 aromatic heterocycles. The second kappa shape index (κ2) is 9.19. The summed E-state index contributed by atoms with van der Waals surface area (Å²) < 4.78 is 24.4. The molecular weight excluding hydrogens is 458 g/mol. The number of guanidine groups is 1. The van der Waals surface area contributed by atoms with Gasteiger partial charge in [-0.3, -0.25) is 10.3 Å². The van der Waals surface area contributed by atoms with Gasteiger partial charge >= 0.3 is 6.09 Å². The first-order chi connectivity index (χ1) is 12.1. The number of ether oxygens (including phenoxy) is 2. The maximum Gasteiger partial charge on any atom is 0.414 e. The van der Waals surface area contributed by atoms with Crippen molar-refractivity contribution in [1.82, 2.24) is 5.43 Å². The Morgan fingerprint density at radius 1 is 1.42 bits per heavy atom. The first-order valence-corrected chi connectivity index (χ1v) is 7.91. The molecule has 2 aliphatic rings. The van der Waals surface area contributed by atoms with E-state index in [1.54, 1.807) is 29.2 Å². The number of amides is 1. The van der Waals surface area contributed by atoms with E-state index in [0.29, 0.717) is 31.1 Å². The summed E-state index contributed by atoms with van der Waals surface area (Å²) in [6.45, 7) is 1.48. The Morgan fingerprint density at radius 3 is 2.92 bits per heavy atom. The Kier molecular flexibility index (Phi) is 7.23. The van der Waals surface area contributed by atoms with Gasteiger partial charge in [0.25, 0.3) is 0 Å². The van der Waals surface area contributed by atoms with Crippen LogP contribution in [0, 0.1) is 0 Å². The highest BCUT2D eigenvalue weighted by Gasteiger charge is 2.33. The SMILES string of the molecule is I.NNC(N)=NC[C@H]1CN(c2cccc(N3CCOCC3F)c2)C(=O)O1. The van der Waals surface area contributed by atoms with Crippen LogP contribution in [0.4, 0.5) is 20.6 Å². The lowest BCUT2D eigenvalue weighted by Gasteiger charge is -2.32. The molecule has 2 atom stereocenters. The molecule has 1 amide bonds. The van der Waals surface area contributed by atoms with Crippen molar-refractivity contribution in [2.45, 2.75) is 12.4 Å². The number of nitrogens with one attached hydrogen (secondary N) is 1. The van der Waals surface area contributed by atoms with Crippen molar-refractivity contribution >= 4 is 47.4 Å². The molecule has 0 aliphatic carbocycles. The smallest absolute Gasteiger partial charge is 0.414 e. The molecule has 26 heavy (non-hydrogen) atoms. The van der Waals surface area contributed by atoms with Crippen LogP contribution in [-0.2, 0) is 9.47 Å². The van der Waals surface area contributed by atoms with Crippen LogP contribution in [0.5, 0.6) is 0 Å². The van der Waals surface area contributed by atoms with E-state index in [1.165, 1.54) is 4.90 Å². The van der Waals surface area contributed by atoms with Crippen LogP contribution < -0.4 is 26.8 Å². The maximum absolute atomic E-state index is 14.0. The average Bonchev–Trinajstić information content (AvgIpc) is 3.01. The number of aliphatic imine (C=N–C) groups is 1. The van der Waals surface area contributed by atoms with E-state index in [2.05, 4.69) is 10.4 Å². The van der Waals surface area contributed by atoms with Gasteiger partial charge in [0.05, 0.1) is 26.3 Å². The van der Waals surface area contributed by atoms with Crippen molar-refractivity contribution in [2.24, 2.45) is 16.6 Å². The lowest BCUT2D eigenvalue weighted by molar-refractivity contribution is 0.0497. The molecule has 0 bridgehead atoms. The monoisotopic (exact) mass is 480 g/mol. The van der Waals surface area contributed by atoms with E-state index in [9.17, 15) is 9.18 Å². The van der Waals surface area contributed by atoms with Crippen molar-refractivity contribution in [3.8, 4) is 0 Å². The third kappa shape index (κ3) is 4.65. The summed E-state index contributed by atoms with van der Waals surface area (Å²) in [6, 6.07) is 7.13. The van der Waals surface area contributed by atoms with Crippen LogP contribution in [0.1, 0.15) is 0 Å². The zero-order valence-electron chi connectivity index (χ0n) is 14.0. The van der Waals surface area contributed by atoms with Gasteiger partial charge in [0.15, 0.2) is 6.30 Å². The molecule has 2 saturated heterocycles. The second-order valence-corrected chi connectivity index (χ2v) is 5.71. The van der Waals surface area contributed by atoms with Crippen LogP contribution in [0.3, 0.4) is 0 Å². The minimum atomic E-state index is -1.21. The molecule has 9 nitrogen and oxygen atoms in total. The summed E-state index contributed by atoms with van der Waals surface area (Å²) in [5, 5.41) is 0. The van der Waals surface area contributed by atoms with Gasteiger partial charge in [-0.05, 0) is 18.2 Å². The van der Waals surface area contributed by atoms with E-state index in [0.717, 1.165) is 0 Å². The van der Waals surface area contributed by atoms with Crippen molar-refractivity contribution in [2.75, 3.05) is 42.6 Å². The summed E-state index contributed by atoms with van der Waals surface area (Å²) in [6.07, 6.45) is -2.11. The number of morpholine rings is 1. The highest BCUT2D eigenvalue weighted by atomic mass is 127. The van der Waals surface area contributed by atoms with Crippen molar-refractivity contribution in [1.29, 1.82) is 0 Å². The second-order valence-electron chi connectivity index (χ2n) is 5.71. The van der Waals surface area contributed by atoms with E-state index >= 15 is 0 Å². The normalized spacial score (nSPS) is 23.5. The van der Waals surface area contributed by atoms with Crippen LogP contribution in [0.15, 0.2) is 29.3 Å². The van der Waals surface area contributed by atoms with Gasteiger partial charge in [0, 0.05) is 17.9 Å². The number of benzene rings is 1. The molecule has 2 fully saturated rings. The number of hydrogen-bond donors (Lipinski definition) is 3. The molecule has 0 radical (unpaired) electrons. The summed E-state index contributed by atoms with van der Waals surface area (Å²) in [5.41, 5.74) is 9.00. The topological polar surface area (TPSA) is 118 Å². The third-order valence-electron chi connectivity index (χ3n) is 4.03. The number of rotatable bonds is 4. The van der Waals surface area contributed by atoms with Gasteiger partial charge in [-0.25, -0.2) is 20.0 Å². The number of alkyl halides is 1. The molecule has 0 spiro atoms. The molecule has 3 rings (SSSR count). The predicted molar refractivity (Wildman–Crippen MR) is 106 cm³/mol. The first-order valence-electron chi connectivity index (χ1n) is 7.91. The molecule has 144 valence electrons. The zero-order chi connectivity index (χ0) is 17.8. The largest absolute Gasteiger partial charge is 0.442 e. The molecule has 1 unspecified atom stereocenters. The van der Waals surface area contributed by atoms with Crippen LogP contribution in [0.2, 0.25) is 0 Å². The van der Waals surface area contributed by atoms with E-state index in [4.69, 9.17) is 21.1 Å². The number of nitrogens with zero attached hydrogens (tertiary/aromatic N) is 3. The number of nitrogens with two attached hydrogens (primary N) is 2. The molecule has 0 saturated carbocycles. The molecule has 11 heteroatoms. The highest BCUT2D eigenvalue weighted by Crippen LogP contribution is 2.28. The van der Waals surface area contributed by atoms with Gasteiger partial charge in [0.1, 0.15) is 6.10 Å². The molecule has 1 aromatic rings. The fourth-order valence-corrected chi connectivity index (χ4v) is 2.78. The molecule has 2 aliphatic heterocycles. The van der Waals surface area contributed by atoms with Gasteiger partial charge in [-0.2, -0.15) is 0 Å². The molecule has 2 heterocycles. The average molecular weight is 480 g/mol. The number of hydrogen-bond acceptors (Lipinski definition) is 6. The van der Waals surface area contributed by atoms with Crippen LogP contribution in [0.25, 0.3) is 0 Å². The summed E-state index contributed by atoms with van der Waals surface area (Å²) in [5.74, 6) is 5.20. The van der Waals surface area contributed by atoms with E-state index in [1.807, 2.05) is 0 Å². The lowest BCUT2D eigenvalue weighted by atomic mass is 10.2. The number of cyclic esters (lactones) is 1. The molecule has 5 N–H and O–H groups in total. The standard InChI is InChI=1S/C15H21FN6O3.HI/c16-13-9-24-5-4-21(13)10-2-1-3-11(6-10)22-8-12(25-15(22)23)7-19-14(17)20-18;/h1-3,6,12-13H,4-5,7-9,18H2,(H3,17,19,20);1H/t12-,13?;/m0./s1. The quantitative estimate of drug-likeness (QED) is 0.144. The summed E-state index contributed by atoms with van der Waals surface area (Å²) in [4.78, 5) is 19.2. The number of carbonyl (C=O) groups excluding carboxylic acids is 1. The molecule has 1 aromatic carbocycles. The van der Waals surface area contributed by atoms with Crippen LogP contribution >= 0.6 is 24.0 Å².